The van der Waals surface area contributed by atoms with E-state index in [1.165, 1.54) is 18.3 Å². The number of benzene rings is 2. The van der Waals surface area contributed by atoms with E-state index in [0.717, 1.165) is 15.6 Å². The third kappa shape index (κ3) is 3.96. The summed E-state index contributed by atoms with van der Waals surface area (Å²) in [7, 11) is 0. The summed E-state index contributed by atoms with van der Waals surface area (Å²) < 4.78 is 13.9. The molecule has 3 rings (SSSR count). The molecule has 0 fully saturated rings. The molecule has 0 aliphatic carbocycles. The summed E-state index contributed by atoms with van der Waals surface area (Å²) in [5.41, 5.74) is 2.82. The molecular formula is C19H16BrFN2O2. The van der Waals surface area contributed by atoms with Gasteiger partial charge in [0, 0.05) is 28.6 Å². The first kappa shape index (κ1) is 17.4. The van der Waals surface area contributed by atoms with Gasteiger partial charge >= 0.3 is 0 Å². The molecule has 2 amide bonds. The lowest BCUT2D eigenvalue weighted by Gasteiger charge is -2.24. The molecule has 2 aromatic rings. The minimum atomic E-state index is -0.419. The maximum absolute atomic E-state index is 13.2. The predicted molar refractivity (Wildman–Crippen MR) is 97.5 cm³/mol. The van der Waals surface area contributed by atoms with E-state index >= 15 is 0 Å². The van der Waals surface area contributed by atoms with Gasteiger partial charge in [-0.2, -0.15) is 0 Å². The smallest absolute Gasteiger partial charge is 0.253 e. The van der Waals surface area contributed by atoms with Crippen LogP contribution in [0.2, 0.25) is 0 Å². The Bertz CT molecular complexity index is 862. The van der Waals surface area contributed by atoms with Crippen molar-refractivity contribution in [2.45, 2.75) is 19.3 Å². The van der Waals surface area contributed by atoms with Crippen LogP contribution >= 0.6 is 15.9 Å². The fraction of sp³-hybridized carbons (Fsp3) is 0.158. The highest BCUT2D eigenvalue weighted by molar-refractivity contribution is 9.10. The normalized spacial score (nSPS) is 16.8. The van der Waals surface area contributed by atoms with Gasteiger partial charge in [-0.15, -0.1) is 0 Å². The van der Waals surface area contributed by atoms with Crippen LogP contribution in [0.5, 0.6) is 0 Å². The third-order valence-corrected chi connectivity index (χ3v) is 4.75. The second-order valence-corrected chi connectivity index (χ2v) is 6.77. The van der Waals surface area contributed by atoms with Gasteiger partial charge in [0.1, 0.15) is 5.82 Å². The van der Waals surface area contributed by atoms with Crippen LogP contribution in [-0.4, -0.2) is 11.8 Å². The lowest BCUT2D eigenvalue weighted by atomic mass is 9.86. The first-order valence-corrected chi connectivity index (χ1v) is 8.56. The van der Waals surface area contributed by atoms with Crippen molar-refractivity contribution in [2.24, 2.45) is 0 Å². The van der Waals surface area contributed by atoms with Gasteiger partial charge in [0.15, 0.2) is 0 Å². The van der Waals surface area contributed by atoms with Crippen molar-refractivity contribution < 1.29 is 14.0 Å². The summed E-state index contributed by atoms with van der Waals surface area (Å²) in [6.45, 7) is 1.93. The van der Waals surface area contributed by atoms with Gasteiger partial charge in [0.25, 0.3) is 5.91 Å². The number of nitrogens with one attached hydrogen (secondary N) is 2. The Morgan fingerprint density at radius 2 is 1.96 bits per heavy atom. The highest BCUT2D eigenvalue weighted by atomic mass is 79.9. The zero-order chi connectivity index (χ0) is 18.0. The molecule has 0 saturated heterocycles. The molecule has 128 valence electrons. The number of anilines is 1. The molecule has 1 unspecified atom stereocenters. The lowest BCUT2D eigenvalue weighted by molar-refractivity contribution is -0.121. The van der Waals surface area contributed by atoms with Crippen molar-refractivity contribution in [3.05, 3.63) is 75.7 Å². The molecule has 0 spiro atoms. The van der Waals surface area contributed by atoms with Crippen LogP contribution in [0.4, 0.5) is 10.1 Å². The predicted octanol–water partition coefficient (Wildman–Crippen LogP) is 4.02. The molecule has 1 atom stereocenters. The van der Waals surface area contributed by atoms with Crippen LogP contribution in [-0.2, 0) is 9.59 Å². The Hall–Kier alpha value is -2.47. The van der Waals surface area contributed by atoms with E-state index in [4.69, 9.17) is 0 Å². The molecule has 4 nitrogen and oxygen atoms in total. The molecule has 2 N–H and O–H groups in total. The standard InChI is InChI=1S/C19H16BrFN2O2/c1-11-2-7-16(20)17(8-11)23-19(25)15-10-22-18(24)9-14(15)12-3-5-13(21)6-4-12/h2-8,10,14H,9H2,1H3,(H,22,24)(H,23,25). The maximum Gasteiger partial charge on any atom is 0.253 e. The van der Waals surface area contributed by atoms with Crippen molar-refractivity contribution in [3.63, 3.8) is 0 Å². The molecule has 0 saturated carbocycles. The van der Waals surface area contributed by atoms with Crippen LogP contribution in [0.1, 0.15) is 23.5 Å². The highest BCUT2D eigenvalue weighted by Gasteiger charge is 2.29. The SMILES string of the molecule is Cc1ccc(Br)c(NC(=O)C2=CNC(=O)CC2c2ccc(F)cc2)c1. The average molecular weight is 403 g/mol. The first-order valence-electron chi connectivity index (χ1n) is 7.76. The van der Waals surface area contributed by atoms with E-state index in [0.29, 0.717) is 11.3 Å². The molecule has 25 heavy (non-hydrogen) atoms. The van der Waals surface area contributed by atoms with E-state index in [9.17, 15) is 14.0 Å². The number of halogens is 2. The zero-order valence-corrected chi connectivity index (χ0v) is 15.1. The maximum atomic E-state index is 13.2. The van der Waals surface area contributed by atoms with Crippen molar-refractivity contribution in [1.82, 2.24) is 5.32 Å². The Labute approximate surface area is 153 Å². The van der Waals surface area contributed by atoms with Gasteiger partial charge in [-0.05, 0) is 58.2 Å². The minimum Gasteiger partial charge on any atom is -0.332 e. The molecule has 6 heteroatoms. The fourth-order valence-electron chi connectivity index (χ4n) is 2.76. The van der Waals surface area contributed by atoms with Crippen LogP contribution < -0.4 is 10.6 Å². The van der Waals surface area contributed by atoms with E-state index in [1.54, 1.807) is 12.1 Å². The Kier molecular flexibility index (Phi) is 4.99. The topological polar surface area (TPSA) is 58.2 Å². The second kappa shape index (κ2) is 7.19. The first-order chi connectivity index (χ1) is 11.9. The molecule has 1 heterocycles. The average Bonchev–Trinajstić information content (AvgIpc) is 2.58. The highest BCUT2D eigenvalue weighted by Crippen LogP contribution is 2.32. The van der Waals surface area contributed by atoms with Crippen LogP contribution in [0, 0.1) is 12.7 Å². The summed E-state index contributed by atoms with van der Waals surface area (Å²) in [5.74, 6) is -1.26. The lowest BCUT2D eigenvalue weighted by Crippen LogP contribution is -2.32. The van der Waals surface area contributed by atoms with Crippen molar-refractivity contribution in [3.8, 4) is 0 Å². The summed E-state index contributed by atoms with van der Waals surface area (Å²) in [6, 6.07) is 11.5. The van der Waals surface area contributed by atoms with Gasteiger partial charge in [0.2, 0.25) is 5.91 Å². The Morgan fingerprint density at radius 3 is 2.68 bits per heavy atom. The van der Waals surface area contributed by atoms with E-state index < -0.39 is 5.92 Å². The quantitative estimate of drug-likeness (QED) is 0.814. The summed E-state index contributed by atoms with van der Waals surface area (Å²) >= 11 is 3.41. The molecular weight excluding hydrogens is 387 g/mol. The molecule has 0 aromatic heterocycles. The molecule has 0 radical (unpaired) electrons. The van der Waals surface area contributed by atoms with Gasteiger partial charge in [-0.25, -0.2) is 4.39 Å². The number of hydrogen-bond acceptors (Lipinski definition) is 2. The number of amides is 2. The van der Waals surface area contributed by atoms with Crippen molar-refractivity contribution in [1.29, 1.82) is 0 Å². The molecule has 1 aliphatic heterocycles. The van der Waals surface area contributed by atoms with E-state index in [-0.39, 0.29) is 24.1 Å². The number of rotatable bonds is 3. The third-order valence-electron chi connectivity index (χ3n) is 4.06. The number of carbonyl (C=O) groups is 2. The van der Waals surface area contributed by atoms with Gasteiger partial charge < -0.3 is 10.6 Å². The van der Waals surface area contributed by atoms with Gasteiger partial charge in [-0.1, -0.05) is 18.2 Å². The minimum absolute atomic E-state index is 0.139. The summed E-state index contributed by atoms with van der Waals surface area (Å²) in [6.07, 6.45) is 1.57. The molecule has 0 bridgehead atoms. The van der Waals surface area contributed by atoms with Crippen LogP contribution in [0.15, 0.2) is 58.7 Å². The number of carbonyl (C=O) groups excluding carboxylic acids is 2. The van der Waals surface area contributed by atoms with E-state index in [2.05, 4.69) is 26.6 Å². The van der Waals surface area contributed by atoms with Gasteiger partial charge in [-0.3, -0.25) is 9.59 Å². The fourth-order valence-corrected chi connectivity index (χ4v) is 3.10. The van der Waals surface area contributed by atoms with Crippen LogP contribution in [0.3, 0.4) is 0 Å². The largest absolute Gasteiger partial charge is 0.332 e. The number of hydrogen-bond donors (Lipinski definition) is 2. The van der Waals surface area contributed by atoms with Crippen LogP contribution in [0.25, 0.3) is 0 Å². The van der Waals surface area contributed by atoms with Crippen molar-refractivity contribution in [2.75, 3.05) is 5.32 Å². The number of aryl methyl sites for hydroxylation is 1. The second-order valence-electron chi connectivity index (χ2n) is 5.91. The monoisotopic (exact) mass is 402 g/mol. The summed E-state index contributed by atoms with van der Waals surface area (Å²) in [4.78, 5) is 24.5. The Balaban J connectivity index is 1.89. The molecule has 1 aliphatic rings. The van der Waals surface area contributed by atoms with E-state index in [1.807, 2.05) is 25.1 Å². The zero-order valence-electron chi connectivity index (χ0n) is 13.5. The van der Waals surface area contributed by atoms with Gasteiger partial charge in [0.05, 0.1) is 5.69 Å². The Morgan fingerprint density at radius 1 is 1.24 bits per heavy atom. The molecule has 2 aromatic carbocycles. The van der Waals surface area contributed by atoms with Crippen molar-refractivity contribution >= 4 is 33.4 Å². The summed E-state index contributed by atoms with van der Waals surface area (Å²) in [5, 5.41) is 5.46.